The van der Waals surface area contributed by atoms with E-state index in [1.165, 1.54) is 116 Å². The Hall–Kier alpha value is -3.41. The lowest BCUT2D eigenvalue weighted by Crippen LogP contribution is -2.35. The number of hydrogen-bond donors (Lipinski definition) is 1. The summed E-state index contributed by atoms with van der Waals surface area (Å²) >= 11 is 7.95. The highest BCUT2D eigenvalue weighted by Crippen LogP contribution is 2.54. The number of unbranched alkanes of at least 4 members (excludes halogenated alkanes) is 14. The van der Waals surface area contributed by atoms with Crippen molar-refractivity contribution in [1.29, 1.82) is 0 Å². The molecule has 308 valence electrons. The van der Waals surface area contributed by atoms with Crippen molar-refractivity contribution in [2.75, 3.05) is 18.1 Å². The highest BCUT2D eigenvalue weighted by molar-refractivity contribution is 8.30. The fraction of sp³-hybridized carbons (Fsp3) is 0.565. The van der Waals surface area contributed by atoms with Crippen LogP contribution in [-0.2, 0) is 16.1 Å². The number of aromatic nitrogens is 1. The third-order valence-corrected chi connectivity index (χ3v) is 14.4. The lowest BCUT2D eigenvalue weighted by molar-refractivity contribution is -0.137. The second kappa shape index (κ2) is 21.6. The van der Waals surface area contributed by atoms with Gasteiger partial charge in [0.15, 0.2) is 0 Å². The molecule has 3 aromatic rings. The molecule has 0 bridgehead atoms. The van der Waals surface area contributed by atoms with Gasteiger partial charge in [-0.15, -0.1) is 11.3 Å². The number of carbonyl (C=O) groups is 2. The van der Waals surface area contributed by atoms with Crippen LogP contribution >= 0.6 is 35.3 Å². The van der Waals surface area contributed by atoms with E-state index in [4.69, 9.17) is 17.0 Å². The average molecular weight is 832 g/mol. The second-order valence-corrected chi connectivity index (χ2v) is 18.6. The summed E-state index contributed by atoms with van der Waals surface area (Å²) in [6.07, 6.45) is 24.7. The Balaban J connectivity index is 1.19. The smallest absolute Gasteiger partial charge is 0.323 e. The van der Waals surface area contributed by atoms with Gasteiger partial charge in [-0.1, -0.05) is 152 Å². The van der Waals surface area contributed by atoms with Gasteiger partial charge in [-0.2, -0.15) is 0 Å². The molecule has 3 aliphatic rings. The van der Waals surface area contributed by atoms with E-state index in [9.17, 15) is 19.5 Å². The molecule has 6 rings (SSSR count). The predicted octanol–water partition coefficient (Wildman–Crippen LogP) is 10.2. The van der Waals surface area contributed by atoms with Gasteiger partial charge in [-0.25, -0.2) is 0 Å². The maximum absolute atomic E-state index is 13.8. The summed E-state index contributed by atoms with van der Waals surface area (Å²) in [5, 5.41) is 9.78. The van der Waals surface area contributed by atoms with Gasteiger partial charge in [-0.3, -0.25) is 23.9 Å². The molecular formula is C46H61N3O5S3. The van der Waals surface area contributed by atoms with Crippen molar-refractivity contribution < 1.29 is 19.4 Å². The molecule has 1 amide bonds. The van der Waals surface area contributed by atoms with Crippen molar-refractivity contribution in [3.05, 3.63) is 73.1 Å². The van der Waals surface area contributed by atoms with E-state index in [1.54, 1.807) is 4.90 Å². The molecule has 0 spiro atoms. The van der Waals surface area contributed by atoms with Crippen molar-refractivity contribution >= 4 is 73.9 Å². The van der Waals surface area contributed by atoms with E-state index in [0.29, 0.717) is 43.5 Å². The van der Waals surface area contributed by atoms with Crippen LogP contribution in [-0.4, -0.2) is 50.0 Å². The molecule has 1 aliphatic carbocycles. The van der Waals surface area contributed by atoms with Crippen LogP contribution in [0.15, 0.2) is 47.3 Å². The first-order valence-electron chi connectivity index (χ1n) is 21.7. The normalized spacial score (nSPS) is 18.9. The molecule has 57 heavy (non-hydrogen) atoms. The quantitative estimate of drug-likeness (QED) is 0.0746. The SMILES string of the molecule is CCCCCCCCCCCCOc1ccccc1N1c2ccc(/C=c3\s/c(=C4/SC(=S)N(CCCCCCCC)C4=O)n(CC(=O)O)c3=O)cc2C2CCCC21. The minimum absolute atomic E-state index is 0.247. The Labute approximate surface area is 352 Å². The van der Waals surface area contributed by atoms with Crippen LogP contribution in [0.2, 0.25) is 0 Å². The first-order chi connectivity index (χ1) is 27.8. The number of fused-ring (bicyclic) bond motifs is 3. The maximum Gasteiger partial charge on any atom is 0.323 e. The number of para-hydroxylation sites is 2. The van der Waals surface area contributed by atoms with Gasteiger partial charge >= 0.3 is 5.97 Å². The van der Waals surface area contributed by atoms with Crippen LogP contribution in [0.1, 0.15) is 153 Å². The van der Waals surface area contributed by atoms with E-state index in [-0.39, 0.29) is 5.91 Å². The molecule has 1 N–H and O–H groups in total. The van der Waals surface area contributed by atoms with E-state index >= 15 is 0 Å². The number of thioether (sulfide) groups is 1. The Bertz CT molecular complexity index is 2040. The Morgan fingerprint density at radius 1 is 0.860 bits per heavy atom. The monoisotopic (exact) mass is 831 g/mol. The zero-order valence-electron chi connectivity index (χ0n) is 34.0. The fourth-order valence-corrected chi connectivity index (χ4v) is 11.3. The first-order valence-corrected chi connectivity index (χ1v) is 23.7. The van der Waals surface area contributed by atoms with Gasteiger partial charge in [0, 0.05) is 24.2 Å². The molecule has 1 aromatic heterocycles. The molecule has 1 saturated carbocycles. The lowest BCUT2D eigenvalue weighted by Gasteiger charge is -2.29. The van der Waals surface area contributed by atoms with E-state index in [0.717, 1.165) is 61.9 Å². The zero-order valence-corrected chi connectivity index (χ0v) is 36.4. The first kappa shape index (κ1) is 43.2. The molecule has 2 aliphatic heterocycles. The number of benzene rings is 2. The highest BCUT2D eigenvalue weighted by Gasteiger charge is 2.43. The number of thiazole rings is 1. The topological polar surface area (TPSA) is 92.1 Å². The molecule has 11 heteroatoms. The number of rotatable bonds is 23. The van der Waals surface area contributed by atoms with Crippen LogP contribution < -0.4 is 24.4 Å². The molecule has 8 nitrogen and oxygen atoms in total. The summed E-state index contributed by atoms with van der Waals surface area (Å²) in [4.78, 5) is 43.9. The van der Waals surface area contributed by atoms with Gasteiger partial charge < -0.3 is 14.7 Å². The Morgan fingerprint density at radius 3 is 2.23 bits per heavy atom. The predicted molar refractivity (Wildman–Crippen MR) is 240 cm³/mol. The van der Waals surface area contributed by atoms with E-state index in [2.05, 4.69) is 55.1 Å². The summed E-state index contributed by atoms with van der Waals surface area (Å²) in [5.74, 6) is -0.0896. The highest BCUT2D eigenvalue weighted by atomic mass is 32.2. The summed E-state index contributed by atoms with van der Waals surface area (Å²) in [6, 6.07) is 15.2. The van der Waals surface area contributed by atoms with Gasteiger partial charge in [0.1, 0.15) is 26.2 Å². The molecule has 3 heterocycles. The maximum atomic E-state index is 13.8. The fourth-order valence-electron chi connectivity index (χ4n) is 8.72. The molecular weight excluding hydrogens is 771 g/mol. The van der Waals surface area contributed by atoms with Crippen LogP contribution in [0.5, 0.6) is 5.75 Å². The van der Waals surface area contributed by atoms with Crippen LogP contribution in [0.4, 0.5) is 11.4 Å². The van der Waals surface area contributed by atoms with Crippen LogP contribution in [0, 0.1) is 0 Å². The van der Waals surface area contributed by atoms with Gasteiger partial charge in [-0.05, 0) is 67.2 Å². The largest absolute Gasteiger partial charge is 0.491 e. The Kier molecular flexibility index (Phi) is 16.3. The standard InChI is InChI=1S/C46H61N3O5S3/c1-3-5-7-9-11-12-13-14-16-20-29-54-39-25-18-17-23-38(39)49-36-24-21-22-34(36)35-30-33(26-27-37(35)49)31-40-43(52)48(32-41(50)51)45(56-40)42-44(53)47(46(55)57-42)28-19-15-10-8-6-4-2/h17-18,23,25-27,30-31,34,36H,3-16,19-22,24,28-29,32H2,1-2H3,(H,50,51)/b40-31-,45-42+. The number of carboxylic acid groups (broad SMARTS) is 1. The number of amides is 1. The number of aliphatic carboxylic acids is 1. The van der Waals surface area contributed by atoms with Crippen LogP contribution in [0.3, 0.4) is 0 Å². The van der Waals surface area contributed by atoms with Crippen LogP contribution in [0.25, 0.3) is 11.0 Å². The summed E-state index contributed by atoms with van der Waals surface area (Å²) in [6.45, 7) is 5.17. The van der Waals surface area contributed by atoms with E-state index < -0.39 is 18.1 Å². The molecule has 2 fully saturated rings. The summed E-state index contributed by atoms with van der Waals surface area (Å²) in [7, 11) is 0. The van der Waals surface area contributed by atoms with Crippen molar-refractivity contribution in [3.63, 3.8) is 0 Å². The number of ether oxygens (including phenoxy) is 1. The van der Waals surface area contributed by atoms with Crippen molar-refractivity contribution in [1.82, 2.24) is 9.47 Å². The van der Waals surface area contributed by atoms with E-state index in [1.807, 2.05) is 12.1 Å². The Morgan fingerprint density at radius 2 is 1.53 bits per heavy atom. The minimum atomic E-state index is -1.14. The summed E-state index contributed by atoms with van der Waals surface area (Å²) < 4.78 is 8.91. The number of carboxylic acids is 1. The number of anilines is 2. The molecule has 2 atom stereocenters. The van der Waals surface area contributed by atoms with Gasteiger partial charge in [0.05, 0.1) is 16.8 Å². The molecule has 2 unspecified atom stereocenters. The third kappa shape index (κ3) is 10.8. The molecule has 2 aromatic carbocycles. The second-order valence-electron chi connectivity index (χ2n) is 15.9. The number of carbonyl (C=O) groups excluding carboxylic acids is 1. The minimum Gasteiger partial charge on any atom is -0.491 e. The zero-order chi connectivity index (χ0) is 40.1. The van der Waals surface area contributed by atoms with Crippen molar-refractivity contribution in [2.24, 2.45) is 0 Å². The van der Waals surface area contributed by atoms with Crippen molar-refractivity contribution in [3.8, 4) is 5.75 Å². The number of hydrogen-bond acceptors (Lipinski definition) is 8. The van der Waals surface area contributed by atoms with Crippen molar-refractivity contribution in [2.45, 2.75) is 154 Å². The summed E-state index contributed by atoms with van der Waals surface area (Å²) in [5.41, 5.74) is 4.03. The van der Waals surface area contributed by atoms with Gasteiger partial charge in [0.25, 0.3) is 11.5 Å². The third-order valence-electron chi connectivity index (χ3n) is 11.7. The lowest BCUT2D eigenvalue weighted by atomic mass is 9.96. The average Bonchev–Trinajstić information content (AvgIpc) is 3.94. The number of thiocarbonyl (C=S) groups is 1. The number of nitrogens with zero attached hydrogens (tertiary/aromatic N) is 3. The molecule has 0 radical (unpaired) electrons. The van der Waals surface area contributed by atoms with Gasteiger partial charge in [0.2, 0.25) is 0 Å². The molecule has 1 saturated heterocycles.